The summed E-state index contributed by atoms with van der Waals surface area (Å²) in [4.78, 5) is 0. The maximum absolute atomic E-state index is 3.84. The summed E-state index contributed by atoms with van der Waals surface area (Å²) in [5, 5.41) is 3.21. The Hall–Kier alpha value is -1.50. The van der Waals surface area contributed by atoms with Gasteiger partial charge in [0, 0.05) is 12.8 Å². The van der Waals surface area contributed by atoms with Gasteiger partial charge in [0.15, 0.2) is 0 Å². The summed E-state index contributed by atoms with van der Waals surface area (Å²) in [6, 6.07) is 6.34. The fourth-order valence-corrected chi connectivity index (χ4v) is 1.34. The van der Waals surface area contributed by atoms with Gasteiger partial charge in [-0.3, -0.25) is 0 Å². The molecule has 0 spiro atoms. The molecule has 62 valence electrons. The molecule has 1 heteroatoms. The molecule has 0 aromatic heterocycles. The summed E-state index contributed by atoms with van der Waals surface area (Å²) in [5.41, 5.74) is 4.62. The van der Waals surface area contributed by atoms with Crippen LogP contribution in [0.3, 0.4) is 0 Å². The van der Waals surface area contributed by atoms with Gasteiger partial charge in [-0.2, -0.15) is 0 Å². The lowest BCUT2D eigenvalue weighted by Gasteiger charge is -2.14. The predicted molar refractivity (Wildman–Crippen MR) is 55.1 cm³/mol. The maximum atomic E-state index is 3.84. The molecule has 1 aliphatic rings. The second-order valence-electron chi connectivity index (χ2n) is 3.07. The lowest BCUT2D eigenvalue weighted by molar-refractivity contribution is 1.40. The van der Waals surface area contributed by atoms with Gasteiger partial charge < -0.3 is 5.32 Å². The van der Waals surface area contributed by atoms with Crippen molar-refractivity contribution in [2.24, 2.45) is 0 Å². The number of nitrogens with one attached hydrogen (secondary N) is 1. The Kier molecular flexibility index (Phi) is 1.51. The molecule has 1 aromatic rings. The van der Waals surface area contributed by atoms with E-state index in [2.05, 4.69) is 43.1 Å². The van der Waals surface area contributed by atoms with Crippen LogP contribution in [-0.4, -0.2) is 0 Å². The Morgan fingerprint density at radius 2 is 2.17 bits per heavy atom. The molecule has 1 N–H and O–H groups in total. The Morgan fingerprint density at radius 1 is 1.33 bits per heavy atom. The van der Waals surface area contributed by atoms with Crippen molar-refractivity contribution in [3.63, 3.8) is 0 Å². The highest BCUT2D eigenvalue weighted by molar-refractivity contribution is 5.74. The largest absolute Gasteiger partial charge is 0.356 e. The summed E-state index contributed by atoms with van der Waals surface area (Å²) in [6.45, 7) is 5.93. The molecule has 0 amide bonds. The standard InChI is InChI=1S/C11H11N.H2/c1-8-3-6-11-10(7-8)5-4-9(2)12-11;/h3-7,12H,2H2,1H3;1H. The fourth-order valence-electron chi connectivity index (χ4n) is 1.34. The number of hydrogen-bond acceptors (Lipinski definition) is 1. The van der Waals surface area contributed by atoms with E-state index in [1.54, 1.807) is 0 Å². The molecule has 1 aliphatic heterocycles. The summed E-state index contributed by atoms with van der Waals surface area (Å²) in [7, 11) is 0. The Bertz CT molecular complexity index is 366. The molecule has 0 unspecified atom stereocenters. The Balaban J connectivity index is 0.000000845. The highest BCUT2D eigenvalue weighted by atomic mass is 14.9. The second kappa shape index (κ2) is 2.52. The van der Waals surface area contributed by atoms with Crippen molar-refractivity contribution in [1.29, 1.82) is 0 Å². The molecule has 1 heterocycles. The van der Waals surface area contributed by atoms with E-state index in [-0.39, 0.29) is 1.43 Å². The van der Waals surface area contributed by atoms with E-state index in [0.29, 0.717) is 0 Å². The van der Waals surface area contributed by atoms with Crippen LogP contribution < -0.4 is 5.32 Å². The van der Waals surface area contributed by atoms with Crippen LogP contribution in [0, 0.1) is 6.92 Å². The SMILES string of the molecule is C=C1C=Cc2cc(C)ccc2N1.[HH]. The molecule has 2 rings (SSSR count). The zero-order valence-electron chi connectivity index (χ0n) is 7.09. The molecule has 0 radical (unpaired) electrons. The van der Waals surface area contributed by atoms with Crippen LogP contribution in [0.15, 0.2) is 36.6 Å². The number of anilines is 1. The Labute approximate surface area is 73.9 Å². The van der Waals surface area contributed by atoms with E-state index in [0.717, 1.165) is 11.4 Å². The van der Waals surface area contributed by atoms with Crippen LogP contribution in [0.25, 0.3) is 6.08 Å². The number of allylic oxidation sites excluding steroid dienone is 1. The highest BCUT2D eigenvalue weighted by Gasteiger charge is 2.04. The fraction of sp³-hybridized carbons (Fsp3) is 0.0909. The summed E-state index contributed by atoms with van der Waals surface area (Å²) >= 11 is 0. The minimum Gasteiger partial charge on any atom is -0.356 e. The van der Waals surface area contributed by atoms with Crippen LogP contribution in [-0.2, 0) is 0 Å². The number of rotatable bonds is 0. The number of fused-ring (bicyclic) bond motifs is 1. The third kappa shape index (κ3) is 1.14. The van der Waals surface area contributed by atoms with Crippen LogP contribution in [0.2, 0.25) is 0 Å². The van der Waals surface area contributed by atoms with Crippen molar-refractivity contribution in [3.05, 3.63) is 47.7 Å². The molecule has 1 nitrogen and oxygen atoms in total. The van der Waals surface area contributed by atoms with E-state index in [1.165, 1.54) is 11.1 Å². The first kappa shape index (κ1) is 7.17. The first-order chi connectivity index (χ1) is 5.75. The van der Waals surface area contributed by atoms with Gasteiger partial charge in [0.2, 0.25) is 0 Å². The normalized spacial score (nSPS) is 13.9. The van der Waals surface area contributed by atoms with Gasteiger partial charge in [-0.15, -0.1) is 0 Å². The van der Waals surface area contributed by atoms with Crippen LogP contribution in [0.4, 0.5) is 5.69 Å². The Morgan fingerprint density at radius 3 is 3.00 bits per heavy atom. The van der Waals surface area contributed by atoms with E-state index >= 15 is 0 Å². The van der Waals surface area contributed by atoms with Gasteiger partial charge in [-0.1, -0.05) is 24.3 Å². The maximum Gasteiger partial charge on any atom is 0.0457 e. The molecule has 1 aromatic carbocycles. The first-order valence-electron chi connectivity index (χ1n) is 4.00. The minimum absolute atomic E-state index is 0. The van der Waals surface area contributed by atoms with E-state index in [4.69, 9.17) is 0 Å². The zero-order valence-corrected chi connectivity index (χ0v) is 7.09. The van der Waals surface area contributed by atoms with Gasteiger partial charge in [0.1, 0.15) is 0 Å². The molecule has 0 aliphatic carbocycles. The van der Waals surface area contributed by atoms with Crippen molar-refractivity contribution >= 4 is 11.8 Å². The quantitative estimate of drug-likeness (QED) is 0.613. The van der Waals surface area contributed by atoms with Crippen molar-refractivity contribution in [2.45, 2.75) is 6.92 Å². The van der Waals surface area contributed by atoms with Gasteiger partial charge in [0.05, 0.1) is 0 Å². The monoisotopic (exact) mass is 159 g/mol. The smallest absolute Gasteiger partial charge is 0.0457 e. The minimum atomic E-state index is 0. The summed E-state index contributed by atoms with van der Waals surface area (Å²) in [5.74, 6) is 0. The van der Waals surface area contributed by atoms with Crippen LogP contribution >= 0.6 is 0 Å². The average molecular weight is 159 g/mol. The molecule has 0 saturated carbocycles. The van der Waals surface area contributed by atoms with Gasteiger partial charge in [-0.05, 0) is 30.7 Å². The summed E-state index contributed by atoms with van der Waals surface area (Å²) < 4.78 is 0. The second-order valence-corrected chi connectivity index (χ2v) is 3.07. The van der Waals surface area contributed by atoms with Crippen LogP contribution in [0.5, 0.6) is 0 Å². The zero-order chi connectivity index (χ0) is 8.55. The van der Waals surface area contributed by atoms with Gasteiger partial charge in [-0.25, -0.2) is 0 Å². The molecule has 12 heavy (non-hydrogen) atoms. The van der Waals surface area contributed by atoms with Crippen molar-refractivity contribution in [3.8, 4) is 0 Å². The van der Waals surface area contributed by atoms with Crippen molar-refractivity contribution < 1.29 is 1.43 Å². The molecular formula is C11H13N. The van der Waals surface area contributed by atoms with E-state index < -0.39 is 0 Å². The first-order valence-corrected chi connectivity index (χ1v) is 4.00. The topological polar surface area (TPSA) is 12.0 Å². The predicted octanol–water partition coefficient (Wildman–Crippen LogP) is 3.19. The third-order valence-electron chi connectivity index (χ3n) is 1.97. The van der Waals surface area contributed by atoms with Crippen LogP contribution in [0.1, 0.15) is 12.6 Å². The molecule has 0 fully saturated rings. The lowest BCUT2D eigenvalue weighted by atomic mass is 10.1. The molecule has 0 atom stereocenters. The van der Waals surface area contributed by atoms with Gasteiger partial charge >= 0.3 is 0 Å². The van der Waals surface area contributed by atoms with Crippen molar-refractivity contribution in [1.82, 2.24) is 0 Å². The van der Waals surface area contributed by atoms with Gasteiger partial charge in [0.25, 0.3) is 0 Å². The number of hydrogen-bond donors (Lipinski definition) is 1. The lowest BCUT2D eigenvalue weighted by Crippen LogP contribution is -2.01. The van der Waals surface area contributed by atoms with E-state index in [1.807, 2.05) is 6.08 Å². The third-order valence-corrected chi connectivity index (χ3v) is 1.97. The molecular weight excluding hydrogens is 146 g/mol. The number of aryl methyl sites for hydroxylation is 1. The molecule has 0 bridgehead atoms. The highest BCUT2D eigenvalue weighted by Crippen LogP contribution is 2.24. The number of benzene rings is 1. The average Bonchev–Trinajstić information content (AvgIpc) is 2.05. The van der Waals surface area contributed by atoms with Crippen molar-refractivity contribution in [2.75, 3.05) is 5.32 Å². The van der Waals surface area contributed by atoms with E-state index in [9.17, 15) is 0 Å². The molecule has 0 saturated heterocycles. The summed E-state index contributed by atoms with van der Waals surface area (Å²) in [6.07, 6.45) is 4.07.